The third-order valence-electron chi connectivity index (χ3n) is 10.0. The van der Waals surface area contributed by atoms with E-state index in [-0.39, 0.29) is 16.7 Å². The van der Waals surface area contributed by atoms with Gasteiger partial charge in [0.25, 0.3) is 11.8 Å². The molecule has 0 bridgehead atoms. The van der Waals surface area contributed by atoms with Gasteiger partial charge in [-0.05, 0) is 77.2 Å². The van der Waals surface area contributed by atoms with Crippen LogP contribution in [0.5, 0.6) is 0 Å². The summed E-state index contributed by atoms with van der Waals surface area (Å²) in [5.74, 6) is -0.933. The first kappa shape index (κ1) is 32.2. The fraction of sp³-hybridized carbons (Fsp3) is 0.0435. The summed E-state index contributed by atoms with van der Waals surface area (Å²) in [6, 6.07) is 47.7. The Hall–Kier alpha value is -6.73. The van der Waals surface area contributed by atoms with Crippen molar-refractivity contribution >= 4 is 39.3 Å². The second-order valence-electron chi connectivity index (χ2n) is 13.2. The molecule has 0 spiro atoms. The molecule has 2 heterocycles. The Balaban J connectivity index is 1.24. The molecule has 8 aromatic rings. The van der Waals surface area contributed by atoms with Gasteiger partial charge < -0.3 is 4.57 Å². The molecular weight excluding hydrogens is 670 g/mol. The van der Waals surface area contributed by atoms with Crippen LogP contribution in [0.15, 0.2) is 158 Å². The molecule has 9 rings (SSSR count). The zero-order valence-electron chi connectivity index (χ0n) is 28.4. The summed E-state index contributed by atoms with van der Waals surface area (Å²) in [4.78, 5) is 30.4. The standard InChI is InChI=1S/C46H29F3N2O2/c1-28-19-22-33(38(25-28)46(47,48)49)32-20-23-35-34-15-8-9-17-39(34)50(42(35)27-32)41-18-10-16-36-43(41)45(53)51(44(36)52)40-24-21-31(29-11-4-2-5-12-29)26-37(40)30-13-6-3-7-14-30/h2-27H,1H3. The Bertz CT molecular complexity index is 2770. The van der Waals surface area contributed by atoms with E-state index in [2.05, 4.69) is 0 Å². The lowest BCUT2D eigenvalue weighted by Crippen LogP contribution is -2.30. The van der Waals surface area contributed by atoms with E-state index in [4.69, 9.17) is 0 Å². The predicted molar refractivity (Wildman–Crippen MR) is 204 cm³/mol. The number of amides is 2. The van der Waals surface area contributed by atoms with Crippen LogP contribution in [0.25, 0.3) is 60.9 Å². The molecule has 0 fully saturated rings. The number of hydrogen-bond donors (Lipinski definition) is 0. The molecule has 256 valence electrons. The van der Waals surface area contributed by atoms with Crippen molar-refractivity contribution in [3.8, 4) is 39.1 Å². The number of benzene rings is 7. The number of imide groups is 1. The molecule has 0 unspecified atom stereocenters. The number of rotatable bonds is 5. The number of fused-ring (bicyclic) bond motifs is 4. The fourth-order valence-electron chi connectivity index (χ4n) is 7.60. The van der Waals surface area contributed by atoms with Crippen molar-refractivity contribution in [1.29, 1.82) is 0 Å². The van der Waals surface area contributed by atoms with Crippen LogP contribution in [0.3, 0.4) is 0 Å². The quantitative estimate of drug-likeness (QED) is 0.168. The van der Waals surface area contributed by atoms with E-state index < -0.39 is 23.6 Å². The lowest BCUT2D eigenvalue weighted by atomic mass is 9.96. The zero-order chi connectivity index (χ0) is 36.4. The molecule has 7 heteroatoms. The van der Waals surface area contributed by atoms with Gasteiger partial charge in [-0.2, -0.15) is 13.2 Å². The van der Waals surface area contributed by atoms with E-state index in [1.54, 1.807) is 43.3 Å². The summed E-state index contributed by atoms with van der Waals surface area (Å²) in [6.45, 7) is 1.64. The number of para-hydroxylation sites is 1. The van der Waals surface area contributed by atoms with Crippen LogP contribution in [0.1, 0.15) is 31.8 Å². The molecule has 0 saturated carbocycles. The van der Waals surface area contributed by atoms with Gasteiger partial charge >= 0.3 is 6.18 Å². The first-order valence-corrected chi connectivity index (χ1v) is 17.2. The summed E-state index contributed by atoms with van der Waals surface area (Å²) < 4.78 is 44.8. The molecule has 0 saturated heterocycles. The maximum absolute atomic E-state index is 14.8. The van der Waals surface area contributed by atoms with Gasteiger partial charge in [0.2, 0.25) is 0 Å². The third-order valence-corrected chi connectivity index (χ3v) is 10.0. The molecule has 1 aliphatic heterocycles. The average Bonchev–Trinajstić information content (AvgIpc) is 3.64. The van der Waals surface area contributed by atoms with Gasteiger partial charge in [0.05, 0.1) is 39.1 Å². The number of aryl methyl sites for hydroxylation is 1. The second-order valence-corrected chi connectivity index (χ2v) is 13.2. The molecule has 0 N–H and O–H groups in total. The molecule has 4 nitrogen and oxygen atoms in total. The molecule has 0 radical (unpaired) electrons. The van der Waals surface area contributed by atoms with Gasteiger partial charge in [-0.25, -0.2) is 4.90 Å². The smallest absolute Gasteiger partial charge is 0.308 e. The van der Waals surface area contributed by atoms with E-state index >= 15 is 0 Å². The van der Waals surface area contributed by atoms with Crippen LogP contribution in [0.4, 0.5) is 18.9 Å². The highest BCUT2D eigenvalue weighted by Gasteiger charge is 2.40. The van der Waals surface area contributed by atoms with Crippen molar-refractivity contribution in [2.24, 2.45) is 0 Å². The van der Waals surface area contributed by atoms with E-state index in [1.807, 2.05) is 114 Å². The number of alkyl halides is 3. The number of anilines is 1. The van der Waals surface area contributed by atoms with Gasteiger partial charge in [0, 0.05) is 16.3 Å². The van der Waals surface area contributed by atoms with Gasteiger partial charge in [-0.3, -0.25) is 9.59 Å². The topological polar surface area (TPSA) is 42.3 Å². The number of carbonyl (C=O) groups is 2. The summed E-state index contributed by atoms with van der Waals surface area (Å²) in [5.41, 5.74) is 6.51. The first-order chi connectivity index (χ1) is 25.7. The Kier molecular flexibility index (Phi) is 7.41. The Labute approximate surface area is 303 Å². The van der Waals surface area contributed by atoms with E-state index in [0.29, 0.717) is 28.0 Å². The van der Waals surface area contributed by atoms with Crippen molar-refractivity contribution in [2.45, 2.75) is 13.1 Å². The lowest BCUT2D eigenvalue weighted by Gasteiger charge is -2.20. The van der Waals surface area contributed by atoms with Crippen molar-refractivity contribution in [3.05, 3.63) is 180 Å². The molecule has 7 aromatic carbocycles. The maximum Gasteiger partial charge on any atom is 0.417 e. The van der Waals surface area contributed by atoms with Crippen molar-refractivity contribution < 1.29 is 22.8 Å². The van der Waals surface area contributed by atoms with Crippen LogP contribution in [0, 0.1) is 6.92 Å². The van der Waals surface area contributed by atoms with Gasteiger partial charge in [-0.15, -0.1) is 0 Å². The third kappa shape index (κ3) is 5.23. The van der Waals surface area contributed by atoms with Crippen LogP contribution in [-0.2, 0) is 6.18 Å². The number of halogens is 3. The molecular formula is C46H29F3N2O2. The molecule has 0 atom stereocenters. The highest BCUT2D eigenvalue weighted by atomic mass is 19.4. The van der Waals surface area contributed by atoms with E-state index in [0.717, 1.165) is 44.6 Å². The van der Waals surface area contributed by atoms with E-state index in [9.17, 15) is 22.8 Å². The predicted octanol–water partition coefficient (Wildman–Crippen LogP) is 11.9. The van der Waals surface area contributed by atoms with E-state index in [1.165, 1.54) is 11.0 Å². The van der Waals surface area contributed by atoms with Crippen molar-refractivity contribution in [3.63, 3.8) is 0 Å². The minimum atomic E-state index is -4.56. The number of carbonyl (C=O) groups excluding carboxylic acids is 2. The molecule has 53 heavy (non-hydrogen) atoms. The number of hydrogen-bond acceptors (Lipinski definition) is 2. The Morgan fingerprint density at radius 2 is 1.15 bits per heavy atom. The SMILES string of the molecule is Cc1ccc(-c2ccc3c4ccccc4n(-c4cccc5c4C(=O)N(c4ccc(-c6ccccc6)cc4-c4ccccc4)C5=O)c3c2)c(C(F)(F)F)c1. The number of aromatic nitrogens is 1. The average molecular weight is 699 g/mol. The van der Waals surface area contributed by atoms with Crippen molar-refractivity contribution in [2.75, 3.05) is 4.90 Å². The second kappa shape index (κ2) is 12.2. The zero-order valence-corrected chi connectivity index (χ0v) is 28.4. The normalized spacial score (nSPS) is 12.9. The minimum Gasteiger partial charge on any atom is -0.308 e. The lowest BCUT2D eigenvalue weighted by molar-refractivity contribution is -0.137. The Morgan fingerprint density at radius 1 is 0.472 bits per heavy atom. The van der Waals surface area contributed by atoms with Gasteiger partial charge in [0.15, 0.2) is 0 Å². The maximum atomic E-state index is 14.8. The molecule has 0 aliphatic carbocycles. The fourth-order valence-corrected chi connectivity index (χ4v) is 7.60. The van der Waals surface area contributed by atoms with Crippen molar-refractivity contribution in [1.82, 2.24) is 4.57 Å². The first-order valence-electron chi connectivity index (χ1n) is 17.2. The molecule has 1 aromatic heterocycles. The van der Waals surface area contributed by atoms with Gasteiger partial charge in [-0.1, -0.05) is 121 Å². The highest BCUT2D eigenvalue weighted by molar-refractivity contribution is 6.36. The molecule has 2 amide bonds. The summed E-state index contributed by atoms with van der Waals surface area (Å²) in [7, 11) is 0. The van der Waals surface area contributed by atoms with Gasteiger partial charge in [0.1, 0.15) is 0 Å². The highest BCUT2D eigenvalue weighted by Crippen LogP contribution is 2.43. The number of nitrogens with zero attached hydrogens (tertiary/aromatic N) is 2. The minimum absolute atomic E-state index is 0.0601. The van der Waals surface area contributed by atoms with Crippen LogP contribution in [-0.4, -0.2) is 16.4 Å². The van der Waals surface area contributed by atoms with Crippen LogP contribution >= 0.6 is 0 Å². The van der Waals surface area contributed by atoms with Crippen LogP contribution in [0.2, 0.25) is 0 Å². The largest absolute Gasteiger partial charge is 0.417 e. The monoisotopic (exact) mass is 698 g/mol. The summed E-state index contributed by atoms with van der Waals surface area (Å²) in [6.07, 6.45) is -4.56. The molecule has 1 aliphatic rings. The summed E-state index contributed by atoms with van der Waals surface area (Å²) in [5, 5.41) is 1.67. The van der Waals surface area contributed by atoms with Crippen LogP contribution < -0.4 is 4.90 Å². The summed E-state index contributed by atoms with van der Waals surface area (Å²) >= 11 is 0. The Morgan fingerprint density at radius 3 is 1.91 bits per heavy atom.